The van der Waals surface area contributed by atoms with E-state index in [9.17, 15) is 0 Å². The van der Waals surface area contributed by atoms with Crippen molar-refractivity contribution in [2.75, 3.05) is 36.0 Å². The highest BCUT2D eigenvalue weighted by atomic mass is 15.3. The van der Waals surface area contributed by atoms with Crippen LogP contribution in [-0.4, -0.2) is 55.7 Å². The molecule has 8 heteroatoms. The fraction of sp³-hybridized carbons (Fsp3) is 0.278. The van der Waals surface area contributed by atoms with Crippen molar-refractivity contribution in [3.8, 4) is 0 Å². The first-order chi connectivity index (χ1) is 12.9. The summed E-state index contributed by atoms with van der Waals surface area (Å²) in [4.78, 5) is 18.4. The molecule has 3 aromatic heterocycles. The van der Waals surface area contributed by atoms with Crippen molar-refractivity contribution in [1.82, 2.24) is 29.5 Å². The van der Waals surface area contributed by atoms with E-state index >= 15 is 0 Å². The number of rotatable bonds is 2. The van der Waals surface area contributed by atoms with Crippen LogP contribution in [0.3, 0.4) is 0 Å². The average molecular weight is 346 g/mol. The van der Waals surface area contributed by atoms with E-state index in [1.165, 1.54) is 0 Å². The van der Waals surface area contributed by atoms with Gasteiger partial charge in [0.25, 0.3) is 0 Å². The van der Waals surface area contributed by atoms with Gasteiger partial charge in [-0.05, 0) is 18.6 Å². The molecule has 1 aromatic carbocycles. The van der Waals surface area contributed by atoms with Gasteiger partial charge >= 0.3 is 0 Å². The Morgan fingerprint density at radius 2 is 1.73 bits per heavy atom. The summed E-state index contributed by atoms with van der Waals surface area (Å²) in [6, 6.07) is 7.97. The van der Waals surface area contributed by atoms with Crippen LogP contribution in [0.4, 0.5) is 11.6 Å². The van der Waals surface area contributed by atoms with E-state index in [1.807, 2.05) is 41.1 Å². The number of para-hydroxylation sites is 2. The predicted molar refractivity (Wildman–Crippen MR) is 99.4 cm³/mol. The van der Waals surface area contributed by atoms with E-state index in [4.69, 9.17) is 4.98 Å². The Morgan fingerprint density at radius 3 is 2.69 bits per heavy atom. The molecule has 0 spiro atoms. The van der Waals surface area contributed by atoms with Gasteiger partial charge < -0.3 is 9.80 Å². The molecule has 1 fully saturated rings. The molecule has 0 atom stereocenters. The van der Waals surface area contributed by atoms with Crippen molar-refractivity contribution in [3.05, 3.63) is 49.2 Å². The molecule has 1 aliphatic rings. The maximum atomic E-state index is 4.78. The lowest BCUT2D eigenvalue weighted by Gasteiger charge is -2.23. The molecule has 8 nitrogen and oxygen atoms in total. The fourth-order valence-electron chi connectivity index (χ4n) is 3.43. The molecule has 0 radical (unpaired) electrons. The molecular formula is C18H18N8. The minimum Gasteiger partial charge on any atom is -0.353 e. The van der Waals surface area contributed by atoms with Gasteiger partial charge in [0.2, 0.25) is 5.65 Å². The predicted octanol–water partition coefficient (Wildman–Crippen LogP) is 1.78. The highest BCUT2D eigenvalue weighted by Crippen LogP contribution is 2.21. The SMILES string of the molecule is c1ccc2nc(N3CCCN(c4nccn5cnnc45)CC3)cnc2c1. The summed E-state index contributed by atoms with van der Waals surface area (Å²) < 4.78 is 1.90. The smallest absolute Gasteiger partial charge is 0.203 e. The average Bonchev–Trinajstić information content (AvgIpc) is 3.04. The quantitative estimate of drug-likeness (QED) is 0.548. The number of hydrogen-bond acceptors (Lipinski definition) is 7. The molecule has 4 heterocycles. The highest BCUT2D eigenvalue weighted by molar-refractivity contribution is 5.75. The summed E-state index contributed by atoms with van der Waals surface area (Å²) >= 11 is 0. The Bertz CT molecular complexity index is 1060. The van der Waals surface area contributed by atoms with Crippen molar-refractivity contribution < 1.29 is 0 Å². The molecule has 26 heavy (non-hydrogen) atoms. The summed E-state index contributed by atoms with van der Waals surface area (Å²) in [5.74, 6) is 1.82. The van der Waals surface area contributed by atoms with Gasteiger partial charge in [0, 0.05) is 38.6 Å². The van der Waals surface area contributed by atoms with Gasteiger partial charge in [-0.1, -0.05) is 12.1 Å². The maximum absolute atomic E-state index is 4.78. The van der Waals surface area contributed by atoms with Gasteiger partial charge in [0.05, 0.1) is 17.2 Å². The Kier molecular flexibility index (Phi) is 3.59. The number of fused-ring (bicyclic) bond motifs is 2. The van der Waals surface area contributed by atoms with Crippen molar-refractivity contribution in [2.24, 2.45) is 0 Å². The monoisotopic (exact) mass is 346 g/mol. The van der Waals surface area contributed by atoms with Crippen LogP contribution in [-0.2, 0) is 0 Å². The van der Waals surface area contributed by atoms with Crippen LogP contribution in [0, 0.1) is 0 Å². The minimum absolute atomic E-state index is 0.798. The summed E-state index contributed by atoms with van der Waals surface area (Å²) in [5, 5.41) is 8.20. The number of aromatic nitrogens is 6. The lowest BCUT2D eigenvalue weighted by atomic mass is 10.3. The van der Waals surface area contributed by atoms with Gasteiger partial charge in [-0.2, -0.15) is 0 Å². The van der Waals surface area contributed by atoms with Crippen LogP contribution >= 0.6 is 0 Å². The lowest BCUT2D eigenvalue weighted by molar-refractivity contribution is 0.793. The zero-order valence-corrected chi connectivity index (χ0v) is 14.2. The van der Waals surface area contributed by atoms with Crippen LogP contribution in [0.1, 0.15) is 6.42 Å². The molecule has 130 valence electrons. The van der Waals surface area contributed by atoms with E-state index in [0.29, 0.717) is 0 Å². The van der Waals surface area contributed by atoms with Gasteiger partial charge in [-0.15, -0.1) is 10.2 Å². The normalized spacial score (nSPS) is 15.5. The van der Waals surface area contributed by atoms with Crippen LogP contribution in [0.5, 0.6) is 0 Å². The minimum atomic E-state index is 0.798. The largest absolute Gasteiger partial charge is 0.353 e. The van der Waals surface area contributed by atoms with Crippen LogP contribution in [0.25, 0.3) is 16.7 Å². The van der Waals surface area contributed by atoms with Crippen molar-refractivity contribution >= 4 is 28.3 Å². The maximum Gasteiger partial charge on any atom is 0.203 e. The highest BCUT2D eigenvalue weighted by Gasteiger charge is 2.20. The summed E-state index contributed by atoms with van der Waals surface area (Å²) in [6.07, 6.45) is 8.26. The van der Waals surface area contributed by atoms with E-state index in [1.54, 1.807) is 12.5 Å². The molecule has 0 amide bonds. The number of nitrogens with zero attached hydrogens (tertiary/aromatic N) is 8. The summed E-state index contributed by atoms with van der Waals surface area (Å²) in [7, 11) is 0. The first-order valence-corrected chi connectivity index (χ1v) is 8.74. The molecule has 4 aromatic rings. The first-order valence-electron chi connectivity index (χ1n) is 8.74. The Labute approximate surface area is 150 Å². The molecule has 0 unspecified atom stereocenters. The van der Waals surface area contributed by atoms with Crippen LogP contribution in [0.2, 0.25) is 0 Å². The lowest BCUT2D eigenvalue weighted by Crippen LogP contribution is -2.32. The third-order valence-corrected chi connectivity index (χ3v) is 4.75. The van der Waals surface area contributed by atoms with Crippen LogP contribution in [0.15, 0.2) is 49.2 Å². The molecule has 0 saturated carbocycles. The molecule has 5 rings (SSSR count). The topological polar surface area (TPSA) is 75.3 Å². The van der Waals surface area contributed by atoms with Gasteiger partial charge in [0.15, 0.2) is 5.82 Å². The zero-order chi connectivity index (χ0) is 17.3. The second-order valence-corrected chi connectivity index (χ2v) is 6.36. The third-order valence-electron chi connectivity index (χ3n) is 4.75. The second kappa shape index (κ2) is 6.21. The molecule has 1 aliphatic heterocycles. The summed E-state index contributed by atoms with van der Waals surface area (Å²) in [5.41, 5.74) is 2.66. The van der Waals surface area contributed by atoms with Crippen LogP contribution < -0.4 is 9.80 Å². The molecule has 0 bridgehead atoms. The fourth-order valence-corrected chi connectivity index (χ4v) is 3.43. The molecular weight excluding hydrogens is 328 g/mol. The van der Waals surface area contributed by atoms with Gasteiger partial charge in [-0.3, -0.25) is 9.38 Å². The van der Waals surface area contributed by atoms with Crippen molar-refractivity contribution in [3.63, 3.8) is 0 Å². The number of benzene rings is 1. The van der Waals surface area contributed by atoms with Gasteiger partial charge in [-0.25, -0.2) is 9.97 Å². The zero-order valence-electron chi connectivity index (χ0n) is 14.2. The van der Waals surface area contributed by atoms with Gasteiger partial charge in [0.1, 0.15) is 12.1 Å². The molecule has 1 saturated heterocycles. The molecule has 0 aliphatic carbocycles. The van der Waals surface area contributed by atoms with E-state index in [0.717, 1.165) is 60.9 Å². The standard InChI is InChI=1S/C18H18N8/c1-2-5-15-14(4-1)20-12-16(22-15)24-7-3-8-25(11-10-24)17-18-23-21-13-26(18)9-6-19-17/h1-2,4-6,9,12-13H,3,7-8,10-11H2. The van der Waals surface area contributed by atoms with E-state index in [2.05, 4.69) is 30.0 Å². The summed E-state index contributed by atoms with van der Waals surface area (Å²) in [6.45, 7) is 3.59. The third kappa shape index (κ3) is 2.59. The molecule has 0 N–H and O–H groups in total. The van der Waals surface area contributed by atoms with Crippen molar-refractivity contribution in [2.45, 2.75) is 6.42 Å². The number of anilines is 2. The van der Waals surface area contributed by atoms with E-state index < -0.39 is 0 Å². The Morgan fingerprint density at radius 1 is 0.885 bits per heavy atom. The van der Waals surface area contributed by atoms with E-state index in [-0.39, 0.29) is 0 Å². The Hall–Kier alpha value is -3.29. The number of hydrogen-bond donors (Lipinski definition) is 0. The Balaban J connectivity index is 1.40. The second-order valence-electron chi connectivity index (χ2n) is 6.36. The first kappa shape index (κ1) is 15.0. The van der Waals surface area contributed by atoms with Crippen molar-refractivity contribution in [1.29, 1.82) is 0 Å².